The van der Waals surface area contributed by atoms with Crippen LogP contribution in [0.1, 0.15) is 97.1 Å². The first kappa shape index (κ1) is 25.6. The highest BCUT2D eigenvalue weighted by molar-refractivity contribution is 14.1. The Hall–Kier alpha value is -0.680. The molecule has 0 bridgehead atoms. The molecule has 0 amide bonds. The minimum Gasteiger partial charge on any atom is -0.381 e. The number of halogens is 1. The van der Waals surface area contributed by atoms with Crippen LogP contribution in [-0.4, -0.2) is 14.8 Å². The lowest BCUT2D eigenvalue weighted by Gasteiger charge is -2.50. The van der Waals surface area contributed by atoms with Gasteiger partial charge in [-0.05, 0) is 23.3 Å². The lowest BCUT2D eigenvalue weighted by atomic mass is 9.55. The number of ketones is 1. The Morgan fingerprint density at radius 1 is 1.03 bits per heavy atom. The molecule has 4 atom stereocenters. The summed E-state index contributed by atoms with van der Waals surface area (Å²) in [5.74, 6) is 0.143. The van der Waals surface area contributed by atoms with E-state index in [0.29, 0.717) is 9.49 Å². The number of alkyl halides is 1. The molecule has 1 N–H and O–H groups in total. The van der Waals surface area contributed by atoms with Gasteiger partial charge in [0.25, 0.3) is 0 Å². The summed E-state index contributed by atoms with van der Waals surface area (Å²) in [5.41, 5.74) is 0.109. The van der Waals surface area contributed by atoms with Gasteiger partial charge in [-0.2, -0.15) is 0 Å². The van der Waals surface area contributed by atoms with Gasteiger partial charge in [-0.3, -0.25) is 4.79 Å². The summed E-state index contributed by atoms with van der Waals surface area (Å²) in [5, 5.41) is 11.0. The Labute approximate surface area is 198 Å². The molecule has 3 heteroatoms. The van der Waals surface area contributed by atoms with Crippen LogP contribution in [0.15, 0.2) is 42.5 Å². The fourth-order valence-electron chi connectivity index (χ4n) is 4.86. The van der Waals surface area contributed by atoms with Crippen LogP contribution < -0.4 is 0 Å². The number of unbranched alkanes of at least 4 members (excludes halogenated alkanes) is 7. The molecule has 30 heavy (non-hydrogen) atoms. The van der Waals surface area contributed by atoms with Gasteiger partial charge >= 0.3 is 0 Å². The van der Waals surface area contributed by atoms with Crippen LogP contribution in [-0.2, 0) is 4.79 Å². The summed E-state index contributed by atoms with van der Waals surface area (Å²) in [6.07, 6.45) is 14.1. The van der Waals surface area contributed by atoms with E-state index < -0.39 is 11.5 Å². The zero-order valence-corrected chi connectivity index (χ0v) is 21.5. The van der Waals surface area contributed by atoms with Crippen LogP contribution in [0.25, 0.3) is 0 Å². The Balaban J connectivity index is 2.14. The Morgan fingerprint density at radius 2 is 1.60 bits per heavy atom. The highest BCUT2D eigenvalue weighted by Crippen LogP contribution is 2.54. The van der Waals surface area contributed by atoms with Crippen molar-refractivity contribution in [2.24, 2.45) is 16.7 Å². The molecular weight excluding hydrogens is 483 g/mol. The minimum absolute atomic E-state index is 0.00152. The quantitative estimate of drug-likeness (QED) is 0.131. The lowest BCUT2D eigenvalue weighted by Crippen LogP contribution is -2.50. The number of Topliss-reactive ketones (excluding diaryl/α,β-unsaturated/α-hetero) is 1. The van der Waals surface area contributed by atoms with Crippen LogP contribution in [0, 0.1) is 16.7 Å². The third-order valence-electron chi connectivity index (χ3n) is 7.43. The molecule has 0 saturated heterocycles. The van der Waals surface area contributed by atoms with Crippen molar-refractivity contribution in [3.05, 3.63) is 48.0 Å². The zero-order chi connectivity index (χ0) is 22.2. The third-order valence-corrected chi connectivity index (χ3v) is 9.45. The molecule has 1 aliphatic rings. The van der Waals surface area contributed by atoms with Crippen molar-refractivity contribution in [1.29, 1.82) is 0 Å². The number of aliphatic hydroxyl groups is 1. The van der Waals surface area contributed by atoms with Gasteiger partial charge < -0.3 is 5.11 Å². The highest BCUT2D eigenvalue weighted by Gasteiger charge is 2.52. The molecule has 0 saturated carbocycles. The van der Waals surface area contributed by atoms with E-state index in [1.54, 1.807) is 0 Å². The van der Waals surface area contributed by atoms with E-state index >= 15 is 0 Å². The Kier molecular flexibility index (Phi) is 10.1. The number of rotatable bonds is 12. The standard InChI is InChI=1S/C27H41IO2/c1-5-6-7-8-9-10-11-15-19-27(20-18-23(28)26(3,4)21(27)2)25(30)24(29)22-16-13-12-14-17-22/h12-14,16-18,20-21,23-24,29H,5-11,15,19H2,1-4H3. The van der Waals surface area contributed by atoms with Crippen molar-refractivity contribution in [1.82, 2.24) is 0 Å². The van der Waals surface area contributed by atoms with Crippen molar-refractivity contribution in [2.45, 2.75) is 95.5 Å². The second-order valence-electron chi connectivity index (χ2n) is 9.75. The molecule has 2 rings (SSSR count). The maximum absolute atomic E-state index is 13.8. The van der Waals surface area contributed by atoms with Gasteiger partial charge in [-0.15, -0.1) is 0 Å². The van der Waals surface area contributed by atoms with Crippen molar-refractivity contribution < 1.29 is 9.90 Å². The molecule has 0 spiro atoms. The van der Waals surface area contributed by atoms with Gasteiger partial charge in [0, 0.05) is 3.92 Å². The molecule has 0 fully saturated rings. The van der Waals surface area contributed by atoms with Crippen LogP contribution in [0.4, 0.5) is 0 Å². The molecule has 0 radical (unpaired) electrons. The van der Waals surface area contributed by atoms with E-state index in [0.717, 1.165) is 19.3 Å². The first-order valence-corrected chi connectivity index (χ1v) is 13.1. The number of hydrogen-bond acceptors (Lipinski definition) is 2. The number of carbonyl (C=O) groups excluding carboxylic acids is 1. The van der Waals surface area contributed by atoms with Gasteiger partial charge in [0.05, 0.1) is 5.41 Å². The van der Waals surface area contributed by atoms with Crippen molar-refractivity contribution in [3.8, 4) is 0 Å². The monoisotopic (exact) mass is 524 g/mol. The van der Waals surface area contributed by atoms with Gasteiger partial charge in [-0.25, -0.2) is 0 Å². The first-order valence-electron chi connectivity index (χ1n) is 11.9. The number of allylic oxidation sites excluding steroid dienone is 2. The maximum Gasteiger partial charge on any atom is 0.175 e. The van der Waals surface area contributed by atoms with E-state index in [1.165, 1.54) is 38.5 Å². The Morgan fingerprint density at radius 3 is 2.20 bits per heavy atom. The maximum atomic E-state index is 13.8. The zero-order valence-electron chi connectivity index (χ0n) is 19.4. The lowest BCUT2D eigenvalue weighted by molar-refractivity contribution is -0.141. The number of aliphatic hydroxyl groups excluding tert-OH is 1. The molecule has 1 aromatic rings. The van der Waals surface area contributed by atoms with Crippen molar-refractivity contribution in [3.63, 3.8) is 0 Å². The van der Waals surface area contributed by atoms with Crippen LogP contribution in [0.3, 0.4) is 0 Å². The first-order chi connectivity index (χ1) is 14.3. The third kappa shape index (κ3) is 5.97. The van der Waals surface area contributed by atoms with E-state index in [9.17, 15) is 9.90 Å². The fraction of sp³-hybridized carbons (Fsp3) is 0.667. The summed E-state index contributed by atoms with van der Waals surface area (Å²) < 4.78 is 0.387. The van der Waals surface area contributed by atoms with Crippen LogP contribution >= 0.6 is 22.6 Å². The molecule has 0 aliphatic heterocycles. The highest BCUT2D eigenvalue weighted by atomic mass is 127. The van der Waals surface area contributed by atoms with Crippen LogP contribution in [0.2, 0.25) is 0 Å². The summed E-state index contributed by atoms with van der Waals surface area (Å²) in [7, 11) is 0. The van der Waals surface area contributed by atoms with Crippen molar-refractivity contribution >= 4 is 28.4 Å². The number of hydrogen-bond donors (Lipinski definition) is 1. The number of benzene rings is 1. The normalized spacial score (nSPS) is 26.5. The van der Waals surface area contributed by atoms with Crippen molar-refractivity contribution in [2.75, 3.05) is 0 Å². The molecule has 1 aliphatic carbocycles. The number of carbonyl (C=O) groups is 1. The molecular formula is C27H41IO2. The summed E-state index contributed by atoms with van der Waals surface area (Å²) in [6, 6.07) is 9.42. The second-order valence-corrected chi connectivity index (χ2v) is 11.1. The van der Waals surface area contributed by atoms with E-state index in [-0.39, 0.29) is 17.1 Å². The fourth-order valence-corrected chi connectivity index (χ4v) is 5.61. The van der Waals surface area contributed by atoms with E-state index in [1.807, 2.05) is 30.3 Å². The summed E-state index contributed by atoms with van der Waals surface area (Å²) in [4.78, 5) is 13.8. The minimum atomic E-state index is -1.06. The smallest absolute Gasteiger partial charge is 0.175 e. The van der Waals surface area contributed by atoms with Crippen LogP contribution in [0.5, 0.6) is 0 Å². The molecule has 2 nitrogen and oxygen atoms in total. The molecule has 0 aromatic heterocycles. The van der Waals surface area contributed by atoms with E-state index in [2.05, 4.69) is 62.4 Å². The molecule has 4 unspecified atom stereocenters. The van der Waals surface area contributed by atoms with Gasteiger partial charge in [0.1, 0.15) is 6.10 Å². The van der Waals surface area contributed by atoms with Gasteiger partial charge in [-0.1, -0.05) is 144 Å². The largest absolute Gasteiger partial charge is 0.381 e. The average Bonchev–Trinajstić information content (AvgIpc) is 2.75. The average molecular weight is 525 g/mol. The summed E-state index contributed by atoms with van der Waals surface area (Å²) >= 11 is 2.49. The van der Waals surface area contributed by atoms with Gasteiger partial charge in [0.15, 0.2) is 5.78 Å². The summed E-state index contributed by atoms with van der Waals surface area (Å²) in [6.45, 7) is 9.00. The van der Waals surface area contributed by atoms with E-state index in [4.69, 9.17) is 0 Å². The molecule has 1 aromatic carbocycles. The van der Waals surface area contributed by atoms with Gasteiger partial charge in [0.2, 0.25) is 0 Å². The predicted octanol–water partition coefficient (Wildman–Crippen LogP) is 7.84. The SMILES string of the molecule is CCCCCCCCCCC1(C(=O)C(O)c2ccccc2)C=CC(I)C(C)(C)C1C. The molecule has 0 heterocycles. The topological polar surface area (TPSA) is 37.3 Å². The second kappa shape index (κ2) is 11.8. The predicted molar refractivity (Wildman–Crippen MR) is 136 cm³/mol. The molecule has 168 valence electrons. The Bertz CT molecular complexity index is 681.